The Morgan fingerprint density at radius 1 is 0.366 bits per heavy atom. The average molecular weight is 607 g/mol. The van der Waals surface area contributed by atoms with E-state index in [1.807, 2.05) is 96.9 Å². The highest BCUT2D eigenvalue weighted by Crippen LogP contribution is 2.07. The lowest BCUT2D eigenvalue weighted by Crippen LogP contribution is -2.25. The molecule has 0 spiro atoms. The molecule has 0 amide bonds. The lowest BCUT2D eigenvalue weighted by Gasteiger charge is -2.18. The predicted octanol–water partition coefficient (Wildman–Crippen LogP) is 8.14. The minimum atomic E-state index is -0.581. The van der Waals surface area contributed by atoms with Crippen molar-refractivity contribution in [2.24, 2.45) is 0 Å². The Morgan fingerprint density at radius 2 is 0.463 bits per heavy atom. The van der Waals surface area contributed by atoms with Crippen molar-refractivity contribution in [3.05, 3.63) is 0 Å². The predicted molar refractivity (Wildman–Crippen MR) is 178 cm³/mol. The van der Waals surface area contributed by atoms with Gasteiger partial charge in [0.25, 0.3) is 0 Å². The summed E-state index contributed by atoms with van der Waals surface area (Å²) in [4.78, 5) is 31.1. The molecule has 0 unspecified atom stereocenters. The maximum Gasteiger partial charge on any atom is 0.332 e. The van der Waals surface area contributed by atoms with Crippen LogP contribution < -0.4 is 0 Å². The Balaban J connectivity index is -0.0000000360. The maximum absolute atomic E-state index is 10.4. The molecule has 0 heterocycles. The van der Waals surface area contributed by atoms with Gasteiger partial charge in [0.1, 0.15) is 36.6 Å². The van der Waals surface area contributed by atoms with E-state index >= 15 is 0 Å². The number of aliphatic hydroxyl groups is 3. The molecule has 0 atom stereocenters. The third-order valence-electron chi connectivity index (χ3n) is 1.65. The number of hydrogen-bond donors (Lipinski definition) is 3. The molecule has 0 aromatic heterocycles. The lowest BCUT2D eigenvalue weighted by atomic mass is 10.2. The van der Waals surface area contributed by atoms with Gasteiger partial charge in [-0.3, -0.25) is 0 Å². The molecule has 260 valence electrons. The molecule has 0 aromatic carbocycles. The van der Waals surface area contributed by atoms with Crippen LogP contribution in [0.5, 0.6) is 0 Å². The summed E-state index contributed by atoms with van der Waals surface area (Å²) in [5, 5.41) is 24.7. The normalized spacial score (nSPS) is 8.34. The van der Waals surface area contributed by atoms with Crippen LogP contribution in [-0.2, 0) is 28.6 Å². The topological polar surface area (TPSA) is 140 Å². The summed E-state index contributed by atoms with van der Waals surface area (Å²) in [6.45, 7) is 42.1. The Morgan fingerprint density at radius 3 is 0.488 bits per heavy atom. The minimum Gasteiger partial charge on any atom is -0.458 e. The molecular formula is C32H78O9. The van der Waals surface area contributed by atoms with Crippen molar-refractivity contribution in [1.29, 1.82) is 0 Å². The largest absolute Gasteiger partial charge is 0.458 e. The van der Waals surface area contributed by atoms with E-state index in [-0.39, 0.29) is 0 Å². The average Bonchev–Trinajstić information content (AvgIpc) is 2.94. The zero-order valence-electron chi connectivity index (χ0n) is 31.9. The van der Waals surface area contributed by atoms with E-state index in [0.29, 0.717) is 0 Å². The van der Waals surface area contributed by atoms with Gasteiger partial charge in [0, 0.05) is 0 Å². The Hall–Kier alpha value is -1.71. The van der Waals surface area contributed by atoms with E-state index in [2.05, 4.69) is 0 Å². The van der Waals surface area contributed by atoms with Crippen LogP contribution in [0.4, 0.5) is 0 Å². The summed E-state index contributed by atoms with van der Waals surface area (Å²) in [7, 11) is 0. The number of hydrogen-bond acceptors (Lipinski definition) is 9. The fourth-order valence-electron chi connectivity index (χ4n) is 1.12. The van der Waals surface area contributed by atoms with E-state index in [1.165, 1.54) is 0 Å². The van der Waals surface area contributed by atoms with Gasteiger partial charge < -0.3 is 29.5 Å². The van der Waals surface area contributed by atoms with Crippen molar-refractivity contribution in [2.75, 3.05) is 19.8 Å². The standard InChI is InChI=1S/3C6H12O3.7C2H6/c3*1-6(2,3)9-5(8)4-7;7*1-2/h3*7H,4H2,1-3H3;7*1-2H3. The van der Waals surface area contributed by atoms with Gasteiger partial charge in [-0.25, -0.2) is 14.4 Å². The van der Waals surface area contributed by atoms with Crippen LogP contribution in [0.3, 0.4) is 0 Å². The Kier molecular flexibility index (Phi) is 89.1. The third kappa shape index (κ3) is 136. The molecule has 0 aliphatic heterocycles. The van der Waals surface area contributed by atoms with Crippen molar-refractivity contribution in [2.45, 2.75) is 176 Å². The number of rotatable bonds is 3. The molecule has 9 nitrogen and oxygen atoms in total. The number of carbonyl (C=O) groups is 3. The molecular weight excluding hydrogens is 528 g/mol. The molecule has 0 saturated heterocycles. The molecule has 0 aromatic rings. The summed E-state index contributed by atoms with van der Waals surface area (Å²) < 4.78 is 14.1. The Labute approximate surface area is 257 Å². The third-order valence-corrected chi connectivity index (χ3v) is 1.65. The maximum atomic E-state index is 10.4. The number of aliphatic hydroxyl groups excluding tert-OH is 3. The van der Waals surface area contributed by atoms with Crippen LogP contribution in [0.15, 0.2) is 0 Å². The van der Waals surface area contributed by atoms with Gasteiger partial charge in [0.15, 0.2) is 0 Å². The zero-order valence-corrected chi connectivity index (χ0v) is 31.9. The molecule has 0 fully saturated rings. The van der Waals surface area contributed by atoms with Gasteiger partial charge in [-0.1, -0.05) is 96.9 Å². The summed E-state index contributed by atoms with van der Waals surface area (Å²) >= 11 is 0. The quantitative estimate of drug-likeness (QED) is 0.214. The molecule has 9 heteroatoms. The van der Waals surface area contributed by atoms with Crippen LogP contribution in [0.2, 0.25) is 0 Å². The summed E-state index contributed by atoms with van der Waals surface area (Å²) in [5.41, 5.74) is -1.46. The smallest absolute Gasteiger partial charge is 0.332 e. The van der Waals surface area contributed by atoms with Gasteiger partial charge in [0.05, 0.1) is 0 Å². The summed E-state index contributed by atoms with van der Waals surface area (Å²) in [5.74, 6) is -1.74. The first kappa shape index (κ1) is 67.1. The van der Waals surface area contributed by atoms with Crippen LogP contribution in [0.25, 0.3) is 0 Å². The molecule has 0 saturated carbocycles. The summed E-state index contributed by atoms with van der Waals surface area (Å²) in [6, 6.07) is 0. The molecule has 0 aliphatic carbocycles. The molecule has 41 heavy (non-hydrogen) atoms. The van der Waals surface area contributed by atoms with E-state index in [0.717, 1.165) is 0 Å². The van der Waals surface area contributed by atoms with Crippen LogP contribution in [-0.4, -0.2) is 69.9 Å². The fraction of sp³-hybridized carbons (Fsp3) is 0.906. The molecule has 0 aliphatic rings. The second-order valence-electron chi connectivity index (χ2n) is 8.23. The second kappa shape index (κ2) is 54.4. The first-order valence-corrected chi connectivity index (χ1v) is 15.3. The first-order valence-electron chi connectivity index (χ1n) is 15.3. The minimum absolute atomic E-state index is 0.486. The lowest BCUT2D eigenvalue weighted by molar-refractivity contribution is -0.159. The van der Waals surface area contributed by atoms with Gasteiger partial charge in [-0.2, -0.15) is 0 Å². The van der Waals surface area contributed by atoms with E-state index in [4.69, 9.17) is 29.5 Å². The fourth-order valence-corrected chi connectivity index (χ4v) is 1.12. The monoisotopic (exact) mass is 607 g/mol. The van der Waals surface area contributed by atoms with Gasteiger partial charge in [-0.15, -0.1) is 0 Å². The van der Waals surface area contributed by atoms with Crippen molar-refractivity contribution in [3.8, 4) is 0 Å². The first-order chi connectivity index (χ1) is 18.9. The highest BCUT2D eigenvalue weighted by molar-refractivity contribution is 5.71. The highest BCUT2D eigenvalue weighted by Gasteiger charge is 2.15. The van der Waals surface area contributed by atoms with Crippen LogP contribution >= 0.6 is 0 Å². The molecule has 0 radical (unpaired) electrons. The van der Waals surface area contributed by atoms with Crippen LogP contribution in [0.1, 0.15) is 159 Å². The second-order valence-corrected chi connectivity index (χ2v) is 8.23. The number of esters is 3. The molecule has 0 rings (SSSR count). The SMILES string of the molecule is CC.CC.CC.CC.CC.CC.CC.CC(C)(C)OC(=O)CO.CC(C)(C)OC(=O)CO.CC(C)(C)OC(=O)CO. The van der Waals surface area contributed by atoms with E-state index in [1.54, 1.807) is 62.3 Å². The highest BCUT2D eigenvalue weighted by atomic mass is 16.6. The van der Waals surface area contributed by atoms with Gasteiger partial charge in [0.2, 0.25) is 0 Å². The number of carbonyl (C=O) groups excluding carboxylic acids is 3. The van der Waals surface area contributed by atoms with Crippen molar-refractivity contribution >= 4 is 17.9 Å². The molecule has 3 N–H and O–H groups in total. The van der Waals surface area contributed by atoms with Gasteiger partial charge in [-0.05, 0) is 62.3 Å². The zero-order chi connectivity index (χ0) is 36.5. The summed E-state index contributed by atoms with van der Waals surface area (Å²) in [6.07, 6.45) is 0. The Bertz CT molecular complexity index is 377. The van der Waals surface area contributed by atoms with Gasteiger partial charge >= 0.3 is 17.9 Å². The van der Waals surface area contributed by atoms with E-state index in [9.17, 15) is 14.4 Å². The van der Waals surface area contributed by atoms with Crippen molar-refractivity contribution < 1.29 is 43.9 Å². The van der Waals surface area contributed by atoms with E-state index < -0.39 is 54.5 Å². The van der Waals surface area contributed by atoms with Crippen molar-refractivity contribution in [3.63, 3.8) is 0 Å². The molecule has 0 bridgehead atoms. The van der Waals surface area contributed by atoms with Crippen LogP contribution in [0, 0.1) is 0 Å². The van der Waals surface area contributed by atoms with Crippen molar-refractivity contribution in [1.82, 2.24) is 0 Å². The number of ether oxygens (including phenoxy) is 3.